The molecule has 0 aromatic heterocycles. The Bertz CT molecular complexity index is 824. The summed E-state index contributed by atoms with van der Waals surface area (Å²) in [6.45, 7) is 11.3. The molecular formula is C29H46O8Si. The van der Waals surface area contributed by atoms with Gasteiger partial charge < -0.3 is 28.2 Å². The van der Waals surface area contributed by atoms with Crippen LogP contribution in [0.1, 0.15) is 58.4 Å². The first-order valence-electron chi connectivity index (χ1n) is 12.7. The van der Waals surface area contributed by atoms with Gasteiger partial charge in [-0.3, -0.25) is 0 Å². The molecule has 1 aromatic carbocycles. The molecule has 2 aliphatic rings. The van der Waals surface area contributed by atoms with Crippen molar-refractivity contribution in [3.05, 3.63) is 66.3 Å². The molecule has 1 saturated heterocycles. The van der Waals surface area contributed by atoms with Crippen LogP contribution in [0.4, 0.5) is 0 Å². The number of benzene rings is 1. The zero-order valence-electron chi connectivity index (χ0n) is 23.8. The van der Waals surface area contributed by atoms with Crippen LogP contribution in [0.25, 0.3) is 6.08 Å². The number of aliphatic carboxylic acids is 2. The predicted octanol–water partition coefficient (Wildman–Crippen LogP) is 6.23. The van der Waals surface area contributed by atoms with Crippen LogP contribution in [-0.2, 0) is 27.6 Å². The van der Waals surface area contributed by atoms with Crippen molar-refractivity contribution in [3.63, 3.8) is 0 Å². The van der Waals surface area contributed by atoms with Crippen LogP contribution in [0.5, 0.6) is 0 Å². The number of rotatable bonds is 10. The van der Waals surface area contributed by atoms with Gasteiger partial charge in [0.2, 0.25) is 0 Å². The Kier molecular flexibility index (Phi) is 18.2. The van der Waals surface area contributed by atoms with Crippen LogP contribution in [0.3, 0.4) is 0 Å². The zero-order valence-corrected chi connectivity index (χ0v) is 24.8. The van der Waals surface area contributed by atoms with Gasteiger partial charge in [0, 0.05) is 38.5 Å². The highest BCUT2D eigenvalue weighted by Crippen LogP contribution is 2.40. The maximum atomic E-state index is 9.60. The maximum Gasteiger partial charge on any atom is 0.500 e. The first-order valence-corrected chi connectivity index (χ1v) is 14.7. The Hall–Kier alpha value is -2.56. The fourth-order valence-electron chi connectivity index (χ4n) is 3.52. The minimum absolute atomic E-state index is 0.176. The first-order chi connectivity index (χ1) is 17.9. The first kappa shape index (κ1) is 35.4. The number of carboxylic acid groups (broad SMARTS) is 2. The van der Waals surface area contributed by atoms with Crippen LogP contribution >= 0.6 is 0 Å². The largest absolute Gasteiger partial charge is 0.500 e. The molecule has 3 rings (SSSR count). The molecule has 2 N–H and O–H groups in total. The fraction of sp³-hybridized carbons (Fsp3) is 0.517. The van der Waals surface area contributed by atoms with Gasteiger partial charge in [0.1, 0.15) is 0 Å². The second kappa shape index (κ2) is 19.5. The minimum atomic E-state index is -2.22. The number of allylic oxidation sites excluding steroid dienone is 1. The molecule has 1 aliphatic carbocycles. The molecule has 1 saturated carbocycles. The summed E-state index contributed by atoms with van der Waals surface area (Å²) in [6.07, 6.45) is 12.0. The molecular weight excluding hydrogens is 504 g/mol. The van der Waals surface area contributed by atoms with E-state index < -0.39 is 20.7 Å². The summed E-state index contributed by atoms with van der Waals surface area (Å²) in [7, 11) is 2.68. The Morgan fingerprint density at radius 3 is 1.84 bits per heavy atom. The van der Waals surface area contributed by atoms with Crippen molar-refractivity contribution in [2.45, 2.75) is 71.1 Å². The van der Waals surface area contributed by atoms with Crippen molar-refractivity contribution in [1.29, 1.82) is 0 Å². The fourth-order valence-corrected chi connectivity index (χ4v) is 5.25. The number of carbonyl (C=O) groups is 2. The molecule has 3 unspecified atom stereocenters. The van der Waals surface area contributed by atoms with Crippen molar-refractivity contribution in [2.75, 3.05) is 21.3 Å². The summed E-state index contributed by atoms with van der Waals surface area (Å²) in [5.41, 5.74) is 1.66. The number of carboxylic acids is 2. The van der Waals surface area contributed by atoms with Crippen LogP contribution in [0, 0.1) is 5.92 Å². The number of ether oxygens (including phenoxy) is 1. The van der Waals surface area contributed by atoms with Crippen LogP contribution in [-0.4, -0.2) is 64.5 Å². The quantitative estimate of drug-likeness (QED) is 0.200. The molecule has 3 atom stereocenters. The standard InChI is InChI=1S/C15H18O.C6H16O3Si.2C4H6O2/c1-2-5-12(6-3-1)7-4-8-13-9-10-14-15(11-13)16-14;1-5-6-10(7-2,8-3)9-4;2*1-3(2)4(5)6/h1-7,13-15H,8-11H2;5-6H2,1-4H3;2*1H2,2H3,(H,5,6). The second-order valence-corrected chi connectivity index (χ2v) is 12.2. The molecule has 0 amide bonds. The van der Waals surface area contributed by atoms with Crippen LogP contribution in [0.15, 0.2) is 60.7 Å². The Balaban J connectivity index is 0.000000537. The monoisotopic (exact) mass is 550 g/mol. The van der Waals surface area contributed by atoms with Gasteiger partial charge in [-0.1, -0.05) is 69.0 Å². The summed E-state index contributed by atoms with van der Waals surface area (Å²) in [4.78, 5) is 19.2. The highest BCUT2D eigenvalue weighted by atomic mass is 28.4. The lowest BCUT2D eigenvalue weighted by molar-refractivity contribution is -0.133. The third-order valence-electron chi connectivity index (χ3n) is 5.91. The molecule has 0 radical (unpaired) electrons. The van der Waals surface area contributed by atoms with Gasteiger partial charge in [0.25, 0.3) is 0 Å². The van der Waals surface area contributed by atoms with Crippen molar-refractivity contribution < 1.29 is 37.8 Å². The number of epoxide rings is 1. The molecule has 1 aromatic rings. The van der Waals surface area contributed by atoms with Crippen molar-refractivity contribution >= 4 is 26.8 Å². The lowest BCUT2D eigenvalue weighted by Crippen LogP contribution is -2.42. The summed E-state index contributed by atoms with van der Waals surface area (Å²) in [6, 6.07) is 11.4. The average Bonchev–Trinajstić information content (AvgIpc) is 3.68. The normalized spacial score (nSPS) is 19.3. The summed E-state index contributed by atoms with van der Waals surface area (Å²) >= 11 is 0. The van der Waals surface area contributed by atoms with Gasteiger partial charge >= 0.3 is 20.7 Å². The lowest BCUT2D eigenvalue weighted by atomic mass is 9.87. The topological polar surface area (TPSA) is 115 Å². The Morgan fingerprint density at radius 2 is 1.47 bits per heavy atom. The van der Waals surface area contributed by atoms with E-state index in [0.29, 0.717) is 12.2 Å². The molecule has 1 heterocycles. The summed E-state index contributed by atoms with van der Waals surface area (Å²) in [5, 5.41) is 15.8. The van der Waals surface area contributed by atoms with E-state index >= 15 is 0 Å². The van der Waals surface area contributed by atoms with Gasteiger partial charge in [0.15, 0.2) is 0 Å². The van der Waals surface area contributed by atoms with Crippen LogP contribution in [0.2, 0.25) is 6.04 Å². The van der Waals surface area contributed by atoms with Crippen molar-refractivity contribution in [1.82, 2.24) is 0 Å². The maximum absolute atomic E-state index is 9.60. The predicted molar refractivity (Wildman–Crippen MR) is 153 cm³/mol. The van der Waals surface area contributed by atoms with E-state index in [1.54, 1.807) is 21.3 Å². The Labute approximate surface area is 229 Å². The lowest BCUT2D eigenvalue weighted by Gasteiger charge is -2.23. The van der Waals surface area contributed by atoms with E-state index in [1.165, 1.54) is 45.1 Å². The van der Waals surface area contributed by atoms with E-state index in [0.717, 1.165) is 18.4 Å². The molecule has 1 aliphatic heterocycles. The highest BCUT2D eigenvalue weighted by Gasteiger charge is 2.43. The van der Waals surface area contributed by atoms with Gasteiger partial charge in [0.05, 0.1) is 12.2 Å². The van der Waals surface area contributed by atoms with Crippen molar-refractivity contribution in [3.8, 4) is 0 Å². The molecule has 214 valence electrons. The van der Waals surface area contributed by atoms with E-state index in [1.807, 2.05) is 0 Å². The molecule has 0 bridgehead atoms. The van der Waals surface area contributed by atoms with Gasteiger partial charge in [-0.05, 0) is 51.0 Å². The highest BCUT2D eigenvalue weighted by molar-refractivity contribution is 6.60. The average molecular weight is 551 g/mol. The SMILES string of the molecule is C(=Cc1ccccc1)CC1CCC2OC2C1.C=C(C)C(=O)O.C=C(C)C(=O)O.CCC[Si](OC)(OC)OC. The third-order valence-corrected chi connectivity index (χ3v) is 8.89. The zero-order chi connectivity index (χ0) is 29.1. The molecule has 38 heavy (non-hydrogen) atoms. The second-order valence-electron chi connectivity index (χ2n) is 9.16. The van der Waals surface area contributed by atoms with E-state index in [4.69, 9.17) is 28.2 Å². The van der Waals surface area contributed by atoms with Crippen LogP contribution < -0.4 is 0 Å². The van der Waals surface area contributed by atoms with Crippen molar-refractivity contribution in [2.24, 2.45) is 5.92 Å². The molecule has 0 spiro atoms. The smallest absolute Gasteiger partial charge is 0.478 e. The molecule has 2 fully saturated rings. The van der Waals surface area contributed by atoms with Gasteiger partial charge in [-0.15, -0.1) is 0 Å². The molecule has 8 nitrogen and oxygen atoms in total. The Morgan fingerprint density at radius 1 is 0.974 bits per heavy atom. The van der Waals surface area contributed by atoms with E-state index in [2.05, 4.69) is 62.6 Å². The molecule has 9 heteroatoms. The third kappa shape index (κ3) is 15.6. The minimum Gasteiger partial charge on any atom is -0.478 e. The summed E-state index contributed by atoms with van der Waals surface area (Å²) < 4.78 is 21.1. The summed E-state index contributed by atoms with van der Waals surface area (Å²) in [5.74, 6) is -1.02. The van der Waals surface area contributed by atoms with Gasteiger partial charge in [-0.2, -0.15) is 0 Å². The van der Waals surface area contributed by atoms with E-state index in [9.17, 15) is 9.59 Å². The van der Waals surface area contributed by atoms with Gasteiger partial charge in [-0.25, -0.2) is 9.59 Å². The number of hydrogen-bond acceptors (Lipinski definition) is 6. The van der Waals surface area contributed by atoms with E-state index in [-0.39, 0.29) is 11.1 Å². The number of fused-ring (bicyclic) bond motifs is 1. The number of hydrogen-bond donors (Lipinski definition) is 2.